The summed E-state index contributed by atoms with van der Waals surface area (Å²) in [4.78, 5) is 10.6. The molecule has 6 heteroatoms. The van der Waals surface area contributed by atoms with Gasteiger partial charge in [-0.2, -0.15) is 4.31 Å². The van der Waals surface area contributed by atoms with Gasteiger partial charge in [0, 0.05) is 13.1 Å². The summed E-state index contributed by atoms with van der Waals surface area (Å²) in [6.07, 6.45) is 2.58. The van der Waals surface area contributed by atoms with Crippen molar-refractivity contribution in [3.8, 4) is 0 Å². The number of benzene rings is 1. The average molecular weight is 283 g/mol. The Morgan fingerprint density at radius 1 is 1.42 bits per heavy atom. The van der Waals surface area contributed by atoms with Gasteiger partial charge < -0.3 is 5.11 Å². The maximum atomic E-state index is 12.0. The van der Waals surface area contributed by atoms with Crippen molar-refractivity contribution in [2.45, 2.75) is 25.3 Å². The molecule has 0 aromatic heterocycles. The van der Waals surface area contributed by atoms with Gasteiger partial charge in [0.1, 0.15) is 0 Å². The fourth-order valence-electron chi connectivity index (χ4n) is 2.56. The first-order valence-corrected chi connectivity index (χ1v) is 7.78. The maximum Gasteiger partial charge on any atom is 0.320 e. The van der Waals surface area contributed by atoms with Gasteiger partial charge in [-0.1, -0.05) is 24.3 Å². The first-order chi connectivity index (χ1) is 8.92. The zero-order valence-electron chi connectivity index (χ0n) is 10.7. The van der Waals surface area contributed by atoms with Gasteiger partial charge in [-0.3, -0.25) is 4.79 Å². The smallest absolute Gasteiger partial charge is 0.320 e. The number of hydrogen-bond donors (Lipinski definition) is 1. The second kappa shape index (κ2) is 5.30. The molecule has 1 aromatic rings. The number of hydrogen-bond acceptors (Lipinski definition) is 3. The number of aryl methyl sites for hydroxylation is 1. The molecule has 19 heavy (non-hydrogen) atoms. The summed E-state index contributed by atoms with van der Waals surface area (Å²) in [5.41, 5.74) is 2.14. The second-order valence-corrected chi connectivity index (χ2v) is 6.80. The predicted octanol–water partition coefficient (Wildman–Crippen LogP) is 1.41. The van der Waals surface area contributed by atoms with Gasteiger partial charge in [-0.15, -0.1) is 0 Å². The zero-order chi connectivity index (χ0) is 14.0. The molecular formula is C13H17NO4S. The molecule has 1 aliphatic carbocycles. The van der Waals surface area contributed by atoms with Gasteiger partial charge in [0.25, 0.3) is 0 Å². The van der Waals surface area contributed by atoms with E-state index < -0.39 is 21.7 Å². The highest BCUT2D eigenvalue weighted by Gasteiger charge is 2.32. The predicted molar refractivity (Wildman–Crippen MR) is 71.3 cm³/mol. The Labute approximate surface area is 112 Å². The summed E-state index contributed by atoms with van der Waals surface area (Å²) < 4.78 is 25.2. The van der Waals surface area contributed by atoms with Gasteiger partial charge in [-0.25, -0.2) is 8.42 Å². The molecule has 0 saturated carbocycles. The Kier molecular flexibility index (Phi) is 3.91. The molecular weight excluding hydrogens is 266 g/mol. The topological polar surface area (TPSA) is 74.7 Å². The van der Waals surface area contributed by atoms with Crippen LogP contribution in [0.2, 0.25) is 0 Å². The highest BCUT2D eigenvalue weighted by atomic mass is 32.2. The van der Waals surface area contributed by atoms with Crippen LogP contribution in [0.5, 0.6) is 0 Å². The number of carboxylic acid groups (broad SMARTS) is 1. The second-order valence-electron chi connectivity index (χ2n) is 4.77. The third kappa shape index (κ3) is 2.96. The molecule has 1 aliphatic rings. The van der Waals surface area contributed by atoms with Crippen molar-refractivity contribution >= 4 is 16.0 Å². The van der Waals surface area contributed by atoms with Crippen molar-refractivity contribution in [1.29, 1.82) is 0 Å². The summed E-state index contributed by atoms with van der Waals surface area (Å²) in [7, 11) is -2.30. The molecule has 1 aromatic carbocycles. The lowest BCUT2D eigenvalue weighted by atomic mass is 9.88. The highest BCUT2D eigenvalue weighted by Crippen LogP contribution is 2.34. The largest absolute Gasteiger partial charge is 0.480 e. The zero-order valence-corrected chi connectivity index (χ0v) is 11.6. The average Bonchev–Trinajstić information content (AvgIpc) is 2.35. The van der Waals surface area contributed by atoms with Gasteiger partial charge >= 0.3 is 5.97 Å². The van der Waals surface area contributed by atoms with E-state index in [-0.39, 0.29) is 6.04 Å². The van der Waals surface area contributed by atoms with Crippen LogP contribution in [0.4, 0.5) is 0 Å². The molecule has 0 spiro atoms. The molecule has 0 radical (unpaired) electrons. The van der Waals surface area contributed by atoms with E-state index in [0.29, 0.717) is 0 Å². The first-order valence-electron chi connectivity index (χ1n) is 6.17. The van der Waals surface area contributed by atoms with E-state index in [1.807, 2.05) is 24.3 Å². The number of carboxylic acids is 1. The molecule has 0 saturated heterocycles. The molecule has 0 bridgehead atoms. The minimum atomic E-state index is -3.77. The normalized spacial score (nSPS) is 19.2. The van der Waals surface area contributed by atoms with Crippen LogP contribution in [0.1, 0.15) is 30.0 Å². The van der Waals surface area contributed by atoms with Crippen LogP contribution in [0.25, 0.3) is 0 Å². The molecule has 2 rings (SSSR count). The van der Waals surface area contributed by atoms with Crippen LogP contribution < -0.4 is 0 Å². The van der Waals surface area contributed by atoms with Crippen molar-refractivity contribution in [2.75, 3.05) is 12.8 Å². The van der Waals surface area contributed by atoms with Crippen LogP contribution in [0.15, 0.2) is 24.3 Å². The lowest BCUT2D eigenvalue weighted by Crippen LogP contribution is -2.36. The molecule has 1 N–H and O–H groups in total. The number of fused-ring (bicyclic) bond motifs is 1. The van der Waals surface area contributed by atoms with Crippen LogP contribution >= 0.6 is 0 Å². The minimum absolute atomic E-state index is 0.255. The summed E-state index contributed by atoms with van der Waals surface area (Å²) in [5, 5.41) is 8.69. The summed E-state index contributed by atoms with van der Waals surface area (Å²) in [6.45, 7) is 0. The van der Waals surface area contributed by atoms with Gasteiger partial charge in [0.05, 0.1) is 0 Å². The Bertz CT molecular complexity index is 582. The van der Waals surface area contributed by atoms with E-state index in [9.17, 15) is 13.2 Å². The van der Waals surface area contributed by atoms with Gasteiger partial charge in [0.15, 0.2) is 5.75 Å². The van der Waals surface area contributed by atoms with Crippen molar-refractivity contribution in [1.82, 2.24) is 4.31 Å². The van der Waals surface area contributed by atoms with Crippen molar-refractivity contribution in [3.05, 3.63) is 35.4 Å². The van der Waals surface area contributed by atoms with E-state index in [2.05, 4.69) is 0 Å². The number of nitrogens with zero attached hydrogens (tertiary/aromatic N) is 1. The summed E-state index contributed by atoms with van der Waals surface area (Å²) in [6, 6.07) is 7.49. The standard InChI is InChI=1S/C13H17NO4S/c1-14(19(17,18)9-13(15)16)12-8-4-6-10-5-2-3-7-11(10)12/h2-3,5,7,12H,4,6,8-9H2,1H3,(H,15,16). The van der Waals surface area contributed by atoms with E-state index in [1.54, 1.807) is 0 Å². The van der Waals surface area contributed by atoms with Crippen LogP contribution in [0.3, 0.4) is 0 Å². The molecule has 0 fully saturated rings. The first kappa shape index (κ1) is 14.0. The monoisotopic (exact) mass is 283 g/mol. The van der Waals surface area contributed by atoms with Crippen molar-refractivity contribution < 1.29 is 18.3 Å². The van der Waals surface area contributed by atoms with Gasteiger partial charge in [0.2, 0.25) is 10.0 Å². The van der Waals surface area contributed by atoms with Gasteiger partial charge in [-0.05, 0) is 30.4 Å². The number of aliphatic carboxylic acids is 1. The van der Waals surface area contributed by atoms with Crippen LogP contribution in [-0.4, -0.2) is 36.6 Å². The fourth-order valence-corrected chi connectivity index (χ4v) is 3.68. The van der Waals surface area contributed by atoms with E-state index in [4.69, 9.17) is 5.11 Å². The van der Waals surface area contributed by atoms with E-state index >= 15 is 0 Å². The quantitative estimate of drug-likeness (QED) is 0.906. The fraction of sp³-hybridized carbons (Fsp3) is 0.462. The number of rotatable bonds is 4. The maximum absolute atomic E-state index is 12.0. The Balaban J connectivity index is 2.31. The number of sulfonamides is 1. The molecule has 1 unspecified atom stereocenters. The van der Waals surface area contributed by atoms with E-state index in [0.717, 1.165) is 30.4 Å². The summed E-state index contributed by atoms with van der Waals surface area (Å²) in [5.74, 6) is -2.18. The van der Waals surface area contributed by atoms with E-state index in [1.165, 1.54) is 11.4 Å². The lowest BCUT2D eigenvalue weighted by Gasteiger charge is -2.32. The minimum Gasteiger partial charge on any atom is -0.480 e. The molecule has 104 valence electrons. The molecule has 5 nitrogen and oxygen atoms in total. The Morgan fingerprint density at radius 3 is 2.79 bits per heavy atom. The molecule has 0 heterocycles. The molecule has 0 aliphatic heterocycles. The van der Waals surface area contributed by atoms with Crippen LogP contribution in [-0.2, 0) is 21.2 Å². The lowest BCUT2D eigenvalue weighted by molar-refractivity contribution is -0.134. The molecule has 1 atom stereocenters. The third-order valence-electron chi connectivity index (χ3n) is 3.52. The van der Waals surface area contributed by atoms with Crippen LogP contribution in [0, 0.1) is 0 Å². The van der Waals surface area contributed by atoms with Crippen molar-refractivity contribution in [3.63, 3.8) is 0 Å². The SMILES string of the molecule is CN(C1CCCc2ccccc21)S(=O)(=O)CC(=O)O. The van der Waals surface area contributed by atoms with Crippen molar-refractivity contribution in [2.24, 2.45) is 0 Å². The number of carbonyl (C=O) groups is 1. The Morgan fingerprint density at radius 2 is 2.11 bits per heavy atom. The third-order valence-corrected chi connectivity index (χ3v) is 5.27. The highest BCUT2D eigenvalue weighted by molar-refractivity contribution is 7.89. The Hall–Kier alpha value is -1.40. The molecule has 0 amide bonds. The summed E-state index contributed by atoms with van der Waals surface area (Å²) >= 11 is 0.